The molecule has 1 aliphatic carbocycles. The number of halogens is 2. The van der Waals surface area contributed by atoms with Crippen molar-refractivity contribution in [1.82, 2.24) is 0 Å². The summed E-state index contributed by atoms with van der Waals surface area (Å²) < 4.78 is 34.8. The summed E-state index contributed by atoms with van der Waals surface area (Å²) in [6.07, 6.45) is 0.0543. The van der Waals surface area contributed by atoms with E-state index in [9.17, 15) is 18.4 Å². The van der Waals surface area contributed by atoms with Crippen molar-refractivity contribution in [3.8, 4) is 0 Å². The molecule has 2 rings (SSSR count). The summed E-state index contributed by atoms with van der Waals surface area (Å²) >= 11 is 0. The molecule has 2 fully saturated rings. The molecular formula is C11H14F2O4. The van der Waals surface area contributed by atoms with Crippen LogP contribution in [-0.2, 0) is 19.1 Å². The fourth-order valence-corrected chi connectivity index (χ4v) is 2.47. The van der Waals surface area contributed by atoms with Gasteiger partial charge in [-0.25, -0.2) is 4.79 Å². The van der Waals surface area contributed by atoms with Crippen molar-refractivity contribution in [2.75, 3.05) is 0 Å². The Kier molecular flexibility index (Phi) is 2.83. The number of fused-ring (bicyclic) bond motifs is 2. The lowest BCUT2D eigenvalue weighted by atomic mass is 9.98. The third-order valence-corrected chi connectivity index (χ3v) is 3.42. The largest absolute Gasteiger partial charge is 0.425 e. The van der Waals surface area contributed by atoms with Crippen molar-refractivity contribution >= 4 is 11.9 Å². The zero-order valence-corrected chi connectivity index (χ0v) is 9.61. The van der Waals surface area contributed by atoms with Crippen LogP contribution in [0.25, 0.3) is 0 Å². The highest BCUT2D eigenvalue weighted by Crippen LogP contribution is 2.44. The molecule has 0 aromatic heterocycles. The smallest absolute Gasteiger partial charge is 0.379 e. The van der Waals surface area contributed by atoms with Gasteiger partial charge in [0.25, 0.3) is 0 Å². The minimum absolute atomic E-state index is 0.151. The molecule has 2 bridgehead atoms. The van der Waals surface area contributed by atoms with Gasteiger partial charge in [-0.1, -0.05) is 6.92 Å². The van der Waals surface area contributed by atoms with Crippen molar-refractivity contribution in [3.63, 3.8) is 0 Å². The summed E-state index contributed by atoms with van der Waals surface area (Å²) in [5.74, 6) is -5.85. The molecule has 96 valence electrons. The van der Waals surface area contributed by atoms with Crippen LogP contribution >= 0.6 is 0 Å². The quantitative estimate of drug-likeness (QED) is 0.698. The van der Waals surface area contributed by atoms with E-state index >= 15 is 0 Å². The highest BCUT2D eigenvalue weighted by atomic mass is 19.3. The maximum atomic E-state index is 12.7. The van der Waals surface area contributed by atoms with Gasteiger partial charge in [-0.15, -0.1) is 0 Å². The van der Waals surface area contributed by atoms with E-state index in [4.69, 9.17) is 4.74 Å². The van der Waals surface area contributed by atoms with Gasteiger partial charge in [0.1, 0.15) is 0 Å². The Balaban J connectivity index is 2.04. The SMILES string of the molecule is CC1CC2CC1C(=O)OC2OC(=O)C(C)(F)F. The summed E-state index contributed by atoms with van der Waals surface area (Å²) in [7, 11) is 0. The first-order valence-electron chi connectivity index (χ1n) is 5.58. The van der Waals surface area contributed by atoms with Crippen LogP contribution in [-0.4, -0.2) is 24.2 Å². The molecule has 2 aliphatic rings. The highest BCUT2D eigenvalue weighted by Gasteiger charge is 2.50. The van der Waals surface area contributed by atoms with E-state index in [2.05, 4.69) is 4.74 Å². The number of rotatable bonds is 2. The molecule has 0 spiro atoms. The van der Waals surface area contributed by atoms with Crippen LogP contribution in [0.3, 0.4) is 0 Å². The molecule has 1 heterocycles. The number of carbonyl (C=O) groups is 2. The fourth-order valence-electron chi connectivity index (χ4n) is 2.47. The molecule has 6 heteroatoms. The predicted octanol–water partition coefficient (Wildman–Crippen LogP) is 1.73. The van der Waals surface area contributed by atoms with Gasteiger partial charge in [-0.3, -0.25) is 4.79 Å². The van der Waals surface area contributed by atoms with Crippen LogP contribution in [0.15, 0.2) is 0 Å². The highest BCUT2D eigenvalue weighted by molar-refractivity contribution is 5.78. The second-order valence-corrected chi connectivity index (χ2v) is 4.91. The van der Waals surface area contributed by atoms with E-state index in [1.807, 2.05) is 6.92 Å². The molecule has 4 atom stereocenters. The van der Waals surface area contributed by atoms with Crippen molar-refractivity contribution in [1.29, 1.82) is 0 Å². The van der Waals surface area contributed by atoms with Gasteiger partial charge in [0.15, 0.2) is 0 Å². The summed E-state index contributed by atoms with van der Waals surface area (Å²) in [6, 6.07) is 0. The molecule has 1 aliphatic heterocycles. The number of esters is 2. The Bertz CT molecular complexity index is 350. The van der Waals surface area contributed by atoms with Crippen LogP contribution in [0.5, 0.6) is 0 Å². The van der Waals surface area contributed by atoms with E-state index in [0.29, 0.717) is 19.8 Å². The number of alkyl halides is 2. The molecule has 0 radical (unpaired) electrons. The lowest BCUT2D eigenvalue weighted by molar-refractivity contribution is -0.219. The van der Waals surface area contributed by atoms with Gasteiger partial charge in [0.2, 0.25) is 6.29 Å². The van der Waals surface area contributed by atoms with Crippen LogP contribution in [0.4, 0.5) is 8.78 Å². The van der Waals surface area contributed by atoms with Gasteiger partial charge in [0.05, 0.1) is 5.92 Å². The molecule has 4 unspecified atom stereocenters. The van der Waals surface area contributed by atoms with Gasteiger partial charge in [-0.2, -0.15) is 8.78 Å². The molecule has 0 amide bonds. The number of hydrogen-bond acceptors (Lipinski definition) is 4. The Labute approximate surface area is 97.3 Å². The van der Waals surface area contributed by atoms with Gasteiger partial charge in [-0.05, 0) is 18.8 Å². The van der Waals surface area contributed by atoms with Crippen molar-refractivity contribution in [2.24, 2.45) is 17.8 Å². The zero-order valence-electron chi connectivity index (χ0n) is 9.61. The lowest BCUT2D eigenvalue weighted by Crippen LogP contribution is -2.40. The standard InChI is InChI=1S/C11H14F2O4/c1-5-3-6-4-7(5)8(14)16-9(6)17-10(15)11(2,12)13/h5-7,9H,3-4H2,1-2H3. The molecule has 0 aromatic carbocycles. The van der Waals surface area contributed by atoms with Gasteiger partial charge in [0, 0.05) is 12.8 Å². The summed E-state index contributed by atoms with van der Waals surface area (Å²) in [5, 5.41) is 0. The lowest BCUT2D eigenvalue weighted by Gasteiger charge is -2.28. The maximum absolute atomic E-state index is 12.7. The van der Waals surface area contributed by atoms with E-state index in [1.165, 1.54) is 0 Å². The number of ether oxygens (including phenoxy) is 2. The molecule has 17 heavy (non-hydrogen) atoms. The van der Waals surface area contributed by atoms with E-state index < -0.39 is 24.2 Å². The summed E-state index contributed by atoms with van der Waals surface area (Å²) in [5.41, 5.74) is 0. The van der Waals surface area contributed by atoms with E-state index in [0.717, 1.165) is 0 Å². The average molecular weight is 248 g/mol. The Hall–Kier alpha value is -1.20. The maximum Gasteiger partial charge on any atom is 0.379 e. The first-order chi connectivity index (χ1) is 7.79. The molecule has 0 N–H and O–H groups in total. The van der Waals surface area contributed by atoms with Gasteiger partial charge < -0.3 is 9.47 Å². The minimum Gasteiger partial charge on any atom is -0.425 e. The van der Waals surface area contributed by atoms with Crippen LogP contribution in [0, 0.1) is 17.8 Å². The monoisotopic (exact) mass is 248 g/mol. The minimum atomic E-state index is -3.56. The Morgan fingerprint density at radius 1 is 1.47 bits per heavy atom. The average Bonchev–Trinajstić information content (AvgIpc) is 2.52. The van der Waals surface area contributed by atoms with Crippen molar-refractivity contribution < 1.29 is 27.8 Å². The van der Waals surface area contributed by atoms with Crippen LogP contribution in [0.1, 0.15) is 26.7 Å². The number of cyclic esters (lactones) is 1. The first kappa shape index (κ1) is 12.3. The van der Waals surface area contributed by atoms with Crippen molar-refractivity contribution in [3.05, 3.63) is 0 Å². The number of carbonyl (C=O) groups excluding carboxylic acids is 2. The Morgan fingerprint density at radius 2 is 2.12 bits per heavy atom. The molecular weight excluding hydrogens is 234 g/mol. The first-order valence-corrected chi connectivity index (χ1v) is 5.58. The second-order valence-electron chi connectivity index (χ2n) is 4.91. The molecule has 1 saturated carbocycles. The third-order valence-electron chi connectivity index (χ3n) is 3.42. The molecule has 1 saturated heterocycles. The molecule has 4 nitrogen and oxygen atoms in total. The Morgan fingerprint density at radius 3 is 2.71 bits per heavy atom. The second kappa shape index (κ2) is 3.92. The van der Waals surface area contributed by atoms with Crippen LogP contribution in [0.2, 0.25) is 0 Å². The number of hydrogen-bond donors (Lipinski definition) is 0. The van der Waals surface area contributed by atoms with Crippen molar-refractivity contribution in [2.45, 2.75) is 38.9 Å². The van der Waals surface area contributed by atoms with Crippen LogP contribution < -0.4 is 0 Å². The fraction of sp³-hybridized carbons (Fsp3) is 0.818. The van der Waals surface area contributed by atoms with E-state index in [1.54, 1.807) is 0 Å². The third kappa shape index (κ3) is 2.25. The van der Waals surface area contributed by atoms with Gasteiger partial charge >= 0.3 is 17.9 Å². The summed E-state index contributed by atoms with van der Waals surface area (Å²) in [6.45, 7) is 2.37. The summed E-state index contributed by atoms with van der Waals surface area (Å²) in [4.78, 5) is 22.5. The van der Waals surface area contributed by atoms with E-state index in [-0.39, 0.29) is 17.8 Å². The topological polar surface area (TPSA) is 52.6 Å². The normalized spacial score (nSPS) is 36.6. The predicted molar refractivity (Wildman–Crippen MR) is 52.0 cm³/mol. The molecule has 0 aromatic rings. The zero-order chi connectivity index (χ0) is 12.8.